The lowest BCUT2D eigenvalue weighted by Crippen LogP contribution is -2.12. The Morgan fingerprint density at radius 3 is 2.64 bits per heavy atom. The highest BCUT2D eigenvalue weighted by Gasteiger charge is 2.10. The molecule has 0 aromatic heterocycles. The fourth-order valence-corrected chi connectivity index (χ4v) is 1.10. The van der Waals surface area contributed by atoms with E-state index >= 15 is 0 Å². The number of para-hydroxylation sites is 1. The van der Waals surface area contributed by atoms with Crippen LogP contribution >= 0.6 is 12.4 Å². The number of hydrogen-bond donors (Lipinski definition) is 1. The second-order valence-corrected chi connectivity index (χ2v) is 2.67. The van der Waals surface area contributed by atoms with E-state index in [0.29, 0.717) is 6.54 Å². The lowest BCUT2D eigenvalue weighted by Gasteiger charge is -2.02. The van der Waals surface area contributed by atoms with Crippen LogP contribution in [0.1, 0.15) is 12.5 Å². The summed E-state index contributed by atoms with van der Waals surface area (Å²) in [5.74, 6) is 0. The van der Waals surface area contributed by atoms with Gasteiger partial charge in [0.2, 0.25) is 0 Å². The van der Waals surface area contributed by atoms with E-state index in [1.54, 1.807) is 18.2 Å². The summed E-state index contributed by atoms with van der Waals surface area (Å²) < 4.78 is 0. The number of nitro groups is 1. The molecule has 0 amide bonds. The van der Waals surface area contributed by atoms with Crippen molar-refractivity contribution in [2.75, 3.05) is 6.54 Å². The first kappa shape index (κ1) is 12.9. The maximum Gasteiger partial charge on any atom is 0.273 e. The highest BCUT2D eigenvalue weighted by molar-refractivity contribution is 5.85. The molecule has 1 aromatic rings. The van der Waals surface area contributed by atoms with Crippen molar-refractivity contribution < 1.29 is 4.92 Å². The van der Waals surface area contributed by atoms with Gasteiger partial charge in [-0.25, -0.2) is 0 Å². The van der Waals surface area contributed by atoms with Gasteiger partial charge in [0.1, 0.15) is 0 Å². The Balaban J connectivity index is 0.00000169. The molecule has 4 nitrogen and oxygen atoms in total. The van der Waals surface area contributed by atoms with E-state index in [-0.39, 0.29) is 23.0 Å². The molecule has 0 fully saturated rings. The molecule has 78 valence electrons. The topological polar surface area (TPSA) is 55.2 Å². The first-order chi connectivity index (χ1) is 6.25. The van der Waals surface area contributed by atoms with Crippen LogP contribution in [0.2, 0.25) is 0 Å². The number of nitrogens with one attached hydrogen (secondary N) is 1. The Bertz CT molecular complexity index is 305. The van der Waals surface area contributed by atoms with Gasteiger partial charge in [-0.15, -0.1) is 12.4 Å². The third-order valence-corrected chi connectivity index (χ3v) is 1.75. The molecule has 0 aliphatic rings. The standard InChI is InChI=1S/C9H12N2O2.ClH/c1-2-10-7-8-5-3-4-6-9(8)11(12)13;/h3-6,10H,2,7H2,1H3;1H. The van der Waals surface area contributed by atoms with Crippen molar-refractivity contribution in [3.8, 4) is 0 Å². The number of benzene rings is 1. The minimum atomic E-state index is -0.354. The molecule has 0 aliphatic heterocycles. The highest BCUT2D eigenvalue weighted by Crippen LogP contribution is 2.16. The molecule has 0 spiro atoms. The molecular weight excluding hydrogens is 204 g/mol. The first-order valence-corrected chi connectivity index (χ1v) is 4.18. The Kier molecular flexibility index (Phi) is 5.83. The number of hydrogen-bond acceptors (Lipinski definition) is 3. The SMILES string of the molecule is CCNCc1ccccc1[N+](=O)[O-].Cl. The van der Waals surface area contributed by atoms with Crippen LogP contribution in [0.4, 0.5) is 5.69 Å². The Morgan fingerprint density at radius 1 is 1.43 bits per heavy atom. The molecule has 0 atom stereocenters. The average molecular weight is 217 g/mol. The largest absolute Gasteiger partial charge is 0.313 e. The van der Waals surface area contributed by atoms with Gasteiger partial charge in [-0.05, 0) is 6.54 Å². The van der Waals surface area contributed by atoms with Gasteiger partial charge in [0.15, 0.2) is 0 Å². The molecule has 0 unspecified atom stereocenters. The number of nitro benzene ring substituents is 1. The van der Waals surface area contributed by atoms with Crippen LogP contribution in [0, 0.1) is 10.1 Å². The van der Waals surface area contributed by atoms with Crippen molar-refractivity contribution in [3.05, 3.63) is 39.9 Å². The van der Waals surface area contributed by atoms with Crippen molar-refractivity contribution in [1.29, 1.82) is 0 Å². The van der Waals surface area contributed by atoms with Crippen molar-refractivity contribution in [2.24, 2.45) is 0 Å². The summed E-state index contributed by atoms with van der Waals surface area (Å²) >= 11 is 0. The van der Waals surface area contributed by atoms with Crippen molar-refractivity contribution >= 4 is 18.1 Å². The first-order valence-electron chi connectivity index (χ1n) is 4.18. The van der Waals surface area contributed by atoms with Gasteiger partial charge in [0.25, 0.3) is 5.69 Å². The maximum absolute atomic E-state index is 10.6. The quantitative estimate of drug-likeness (QED) is 0.620. The zero-order valence-electron chi connectivity index (χ0n) is 7.90. The van der Waals surface area contributed by atoms with Crippen molar-refractivity contribution in [2.45, 2.75) is 13.5 Å². The van der Waals surface area contributed by atoms with Crippen LogP contribution in [0.5, 0.6) is 0 Å². The van der Waals surface area contributed by atoms with E-state index in [9.17, 15) is 10.1 Å². The molecular formula is C9H13ClN2O2. The summed E-state index contributed by atoms with van der Waals surface area (Å²) in [4.78, 5) is 10.2. The summed E-state index contributed by atoms with van der Waals surface area (Å²) in [6.07, 6.45) is 0. The minimum absolute atomic E-state index is 0. The zero-order valence-corrected chi connectivity index (χ0v) is 8.71. The molecule has 1 rings (SSSR count). The van der Waals surface area contributed by atoms with Gasteiger partial charge in [-0.1, -0.05) is 25.1 Å². The van der Waals surface area contributed by atoms with Gasteiger partial charge in [0.05, 0.1) is 4.92 Å². The molecule has 0 aliphatic carbocycles. The Labute approximate surface area is 88.9 Å². The second-order valence-electron chi connectivity index (χ2n) is 2.67. The third-order valence-electron chi connectivity index (χ3n) is 1.75. The normalized spacial score (nSPS) is 9.21. The van der Waals surface area contributed by atoms with E-state index in [0.717, 1.165) is 12.1 Å². The molecule has 0 heterocycles. The van der Waals surface area contributed by atoms with Crippen LogP contribution in [0.3, 0.4) is 0 Å². The summed E-state index contributed by atoms with van der Waals surface area (Å²) in [7, 11) is 0. The molecule has 1 N–H and O–H groups in total. The highest BCUT2D eigenvalue weighted by atomic mass is 35.5. The molecule has 5 heteroatoms. The predicted molar refractivity (Wildman–Crippen MR) is 57.7 cm³/mol. The van der Waals surface area contributed by atoms with Crippen molar-refractivity contribution in [3.63, 3.8) is 0 Å². The van der Waals surface area contributed by atoms with Crippen molar-refractivity contribution in [1.82, 2.24) is 5.32 Å². The van der Waals surface area contributed by atoms with Gasteiger partial charge >= 0.3 is 0 Å². The molecule has 0 saturated heterocycles. The monoisotopic (exact) mass is 216 g/mol. The van der Waals surface area contributed by atoms with Crippen LogP contribution in [-0.4, -0.2) is 11.5 Å². The van der Waals surface area contributed by atoms with Gasteiger partial charge < -0.3 is 5.32 Å². The van der Waals surface area contributed by atoms with Crippen LogP contribution in [0.15, 0.2) is 24.3 Å². The van der Waals surface area contributed by atoms with Crippen LogP contribution < -0.4 is 5.32 Å². The number of rotatable bonds is 4. The van der Waals surface area contributed by atoms with Crippen LogP contribution in [-0.2, 0) is 6.54 Å². The average Bonchev–Trinajstić information content (AvgIpc) is 2.15. The molecule has 14 heavy (non-hydrogen) atoms. The summed E-state index contributed by atoms with van der Waals surface area (Å²) in [6.45, 7) is 3.33. The minimum Gasteiger partial charge on any atom is -0.313 e. The maximum atomic E-state index is 10.6. The smallest absolute Gasteiger partial charge is 0.273 e. The molecule has 0 saturated carbocycles. The molecule has 0 bridgehead atoms. The Hall–Kier alpha value is -1.13. The van der Waals surface area contributed by atoms with Gasteiger partial charge in [-0.3, -0.25) is 10.1 Å². The van der Waals surface area contributed by atoms with E-state index in [2.05, 4.69) is 5.32 Å². The lowest BCUT2D eigenvalue weighted by molar-refractivity contribution is -0.385. The van der Waals surface area contributed by atoms with Crippen LogP contribution in [0.25, 0.3) is 0 Å². The van der Waals surface area contributed by atoms with E-state index in [1.165, 1.54) is 6.07 Å². The second kappa shape index (κ2) is 6.34. The van der Waals surface area contributed by atoms with Gasteiger partial charge in [-0.2, -0.15) is 0 Å². The Morgan fingerprint density at radius 2 is 2.07 bits per heavy atom. The third kappa shape index (κ3) is 3.32. The van der Waals surface area contributed by atoms with Gasteiger partial charge in [0, 0.05) is 18.2 Å². The lowest BCUT2D eigenvalue weighted by atomic mass is 10.2. The molecule has 0 radical (unpaired) electrons. The summed E-state index contributed by atoms with van der Waals surface area (Å²) in [5, 5.41) is 13.6. The fourth-order valence-electron chi connectivity index (χ4n) is 1.10. The van der Waals surface area contributed by atoms with E-state index < -0.39 is 0 Å². The summed E-state index contributed by atoms with van der Waals surface area (Å²) in [6, 6.07) is 6.76. The number of nitrogens with zero attached hydrogens (tertiary/aromatic N) is 1. The molecule has 1 aromatic carbocycles. The fraction of sp³-hybridized carbons (Fsp3) is 0.333. The van der Waals surface area contributed by atoms with E-state index in [1.807, 2.05) is 6.92 Å². The zero-order chi connectivity index (χ0) is 9.68. The predicted octanol–water partition coefficient (Wildman–Crippen LogP) is 2.13. The number of halogens is 1. The van der Waals surface area contributed by atoms with E-state index in [4.69, 9.17) is 0 Å². The summed E-state index contributed by atoms with van der Waals surface area (Å²) in [5.41, 5.74) is 0.915.